The predicted molar refractivity (Wildman–Crippen MR) is 82.0 cm³/mol. The Morgan fingerprint density at radius 2 is 2.21 bits per heavy atom. The number of hydrazine groups is 1. The molecular weight excluding hydrogens is 256 g/mol. The number of halogens is 1. The molecule has 0 saturated heterocycles. The summed E-state index contributed by atoms with van der Waals surface area (Å²) in [4.78, 5) is 0. The van der Waals surface area contributed by atoms with Gasteiger partial charge in [-0.05, 0) is 48.8 Å². The summed E-state index contributed by atoms with van der Waals surface area (Å²) >= 11 is 6.11. The van der Waals surface area contributed by atoms with E-state index in [0.29, 0.717) is 5.92 Å². The maximum absolute atomic E-state index is 6.11. The second-order valence-corrected chi connectivity index (χ2v) is 6.26. The highest BCUT2D eigenvalue weighted by Gasteiger charge is 2.28. The fourth-order valence-corrected chi connectivity index (χ4v) is 3.49. The summed E-state index contributed by atoms with van der Waals surface area (Å²) < 4.78 is 0. The zero-order chi connectivity index (χ0) is 13.8. The van der Waals surface area contributed by atoms with Crippen molar-refractivity contribution in [2.24, 2.45) is 17.7 Å². The zero-order valence-electron chi connectivity index (χ0n) is 12.0. The molecule has 1 fully saturated rings. The van der Waals surface area contributed by atoms with E-state index in [4.69, 9.17) is 17.4 Å². The van der Waals surface area contributed by atoms with Gasteiger partial charge in [0.05, 0.1) is 0 Å². The molecule has 0 amide bonds. The molecule has 3 N–H and O–H groups in total. The first kappa shape index (κ1) is 14.8. The van der Waals surface area contributed by atoms with Crippen LogP contribution < -0.4 is 11.3 Å². The molecule has 1 saturated carbocycles. The fourth-order valence-electron chi connectivity index (χ4n) is 3.37. The van der Waals surface area contributed by atoms with Crippen molar-refractivity contribution in [3.05, 3.63) is 34.3 Å². The molecule has 2 nitrogen and oxygen atoms in total. The van der Waals surface area contributed by atoms with Crippen LogP contribution in [-0.2, 0) is 0 Å². The number of benzene rings is 1. The number of nitrogens with two attached hydrogens (primary N) is 1. The average molecular weight is 281 g/mol. The summed E-state index contributed by atoms with van der Waals surface area (Å²) in [6.45, 7) is 4.35. The van der Waals surface area contributed by atoms with Gasteiger partial charge in [-0.15, -0.1) is 0 Å². The molecule has 3 atom stereocenters. The Balaban J connectivity index is 2.16. The van der Waals surface area contributed by atoms with Gasteiger partial charge in [-0.2, -0.15) is 0 Å². The first-order valence-electron chi connectivity index (χ1n) is 7.37. The molecule has 106 valence electrons. The Kier molecular flexibility index (Phi) is 5.26. The molecule has 0 aromatic heterocycles. The van der Waals surface area contributed by atoms with Crippen LogP contribution in [0.5, 0.6) is 0 Å². The zero-order valence-corrected chi connectivity index (χ0v) is 12.7. The summed E-state index contributed by atoms with van der Waals surface area (Å²) in [6, 6.07) is 6.51. The molecule has 3 unspecified atom stereocenters. The first-order chi connectivity index (χ1) is 9.15. The molecule has 0 aliphatic heterocycles. The molecule has 0 radical (unpaired) electrons. The van der Waals surface area contributed by atoms with Crippen molar-refractivity contribution in [3.8, 4) is 0 Å². The van der Waals surface area contributed by atoms with Crippen molar-refractivity contribution in [1.29, 1.82) is 0 Å². The largest absolute Gasteiger partial charge is 0.271 e. The maximum atomic E-state index is 6.11. The van der Waals surface area contributed by atoms with Crippen LogP contribution in [0.4, 0.5) is 0 Å². The Morgan fingerprint density at radius 3 is 2.84 bits per heavy atom. The summed E-state index contributed by atoms with van der Waals surface area (Å²) in [5.74, 6) is 7.33. The smallest absolute Gasteiger partial charge is 0.0488 e. The van der Waals surface area contributed by atoms with Gasteiger partial charge in [-0.1, -0.05) is 49.9 Å². The van der Waals surface area contributed by atoms with Crippen LogP contribution in [0.2, 0.25) is 5.02 Å². The van der Waals surface area contributed by atoms with Crippen molar-refractivity contribution in [2.45, 2.75) is 52.0 Å². The molecule has 0 spiro atoms. The Morgan fingerprint density at radius 1 is 1.42 bits per heavy atom. The van der Waals surface area contributed by atoms with Crippen molar-refractivity contribution >= 4 is 11.6 Å². The van der Waals surface area contributed by atoms with E-state index in [2.05, 4.69) is 31.4 Å². The van der Waals surface area contributed by atoms with Gasteiger partial charge in [0.15, 0.2) is 0 Å². The highest BCUT2D eigenvalue weighted by atomic mass is 35.5. The van der Waals surface area contributed by atoms with Crippen LogP contribution in [0.1, 0.15) is 56.2 Å². The maximum Gasteiger partial charge on any atom is 0.0488 e. The lowest BCUT2D eigenvalue weighted by molar-refractivity contribution is 0.210. The third-order valence-corrected chi connectivity index (χ3v) is 5.02. The topological polar surface area (TPSA) is 38.0 Å². The molecule has 1 aromatic carbocycles. The van der Waals surface area contributed by atoms with Crippen molar-refractivity contribution in [1.82, 2.24) is 5.43 Å². The highest BCUT2D eigenvalue weighted by Crippen LogP contribution is 2.38. The summed E-state index contributed by atoms with van der Waals surface area (Å²) in [7, 11) is 0. The van der Waals surface area contributed by atoms with E-state index in [1.807, 2.05) is 6.07 Å². The molecular formula is C16H25ClN2. The minimum atomic E-state index is 0.255. The molecule has 3 heteroatoms. The van der Waals surface area contributed by atoms with Gasteiger partial charge in [-0.25, -0.2) is 0 Å². The predicted octanol–water partition coefficient (Wildman–Crippen LogP) is 4.37. The van der Waals surface area contributed by atoms with E-state index in [-0.39, 0.29) is 6.04 Å². The van der Waals surface area contributed by atoms with Crippen LogP contribution >= 0.6 is 11.6 Å². The molecule has 1 aliphatic carbocycles. The van der Waals surface area contributed by atoms with Crippen molar-refractivity contribution in [3.63, 3.8) is 0 Å². The minimum Gasteiger partial charge on any atom is -0.271 e. The second-order valence-electron chi connectivity index (χ2n) is 5.85. The van der Waals surface area contributed by atoms with Gasteiger partial charge in [0, 0.05) is 11.1 Å². The van der Waals surface area contributed by atoms with Gasteiger partial charge in [0.25, 0.3) is 0 Å². The lowest BCUT2D eigenvalue weighted by Crippen LogP contribution is -2.35. The Hall–Kier alpha value is -0.570. The Bertz CT molecular complexity index is 419. The summed E-state index contributed by atoms with van der Waals surface area (Å²) in [6.07, 6.45) is 6.55. The molecule has 0 heterocycles. The van der Waals surface area contributed by atoms with Gasteiger partial charge in [-0.3, -0.25) is 11.3 Å². The number of hydrogen-bond acceptors (Lipinski definition) is 2. The van der Waals surface area contributed by atoms with Crippen molar-refractivity contribution in [2.75, 3.05) is 0 Å². The van der Waals surface area contributed by atoms with E-state index in [1.165, 1.54) is 37.7 Å². The lowest BCUT2D eigenvalue weighted by Gasteiger charge is -2.34. The fraction of sp³-hybridized carbons (Fsp3) is 0.625. The standard InChI is InChI=1S/C16H25ClN2/c1-3-12-5-4-6-13(10-12)16(19-18)14-7-8-15(17)11(2)9-14/h7-9,12-13,16,19H,3-6,10,18H2,1-2H3. The third-order valence-electron chi connectivity index (χ3n) is 4.59. The molecule has 19 heavy (non-hydrogen) atoms. The normalized spacial score (nSPS) is 25.3. The summed E-state index contributed by atoms with van der Waals surface area (Å²) in [5.41, 5.74) is 5.43. The van der Waals surface area contributed by atoms with Gasteiger partial charge >= 0.3 is 0 Å². The second kappa shape index (κ2) is 6.74. The average Bonchev–Trinajstić information content (AvgIpc) is 2.44. The first-order valence-corrected chi connectivity index (χ1v) is 7.75. The van der Waals surface area contributed by atoms with Crippen LogP contribution in [0.3, 0.4) is 0 Å². The highest BCUT2D eigenvalue weighted by molar-refractivity contribution is 6.31. The molecule has 2 rings (SSSR count). The van der Waals surface area contributed by atoms with Crippen LogP contribution in [-0.4, -0.2) is 0 Å². The summed E-state index contributed by atoms with van der Waals surface area (Å²) in [5, 5.41) is 0.828. The van der Waals surface area contributed by atoms with Crippen LogP contribution in [0.15, 0.2) is 18.2 Å². The number of nitrogens with one attached hydrogen (secondary N) is 1. The van der Waals surface area contributed by atoms with Gasteiger partial charge in [0.2, 0.25) is 0 Å². The number of hydrogen-bond donors (Lipinski definition) is 2. The van der Waals surface area contributed by atoms with E-state index in [1.54, 1.807) is 0 Å². The van der Waals surface area contributed by atoms with E-state index >= 15 is 0 Å². The third kappa shape index (κ3) is 3.50. The van der Waals surface area contributed by atoms with E-state index in [0.717, 1.165) is 16.5 Å². The van der Waals surface area contributed by atoms with Gasteiger partial charge < -0.3 is 0 Å². The molecule has 0 bridgehead atoms. The van der Waals surface area contributed by atoms with Crippen molar-refractivity contribution < 1.29 is 0 Å². The van der Waals surface area contributed by atoms with E-state index < -0.39 is 0 Å². The number of rotatable bonds is 4. The monoisotopic (exact) mass is 280 g/mol. The Labute approximate surface area is 121 Å². The van der Waals surface area contributed by atoms with Crippen LogP contribution in [0, 0.1) is 18.8 Å². The van der Waals surface area contributed by atoms with E-state index in [9.17, 15) is 0 Å². The SMILES string of the molecule is CCC1CCCC(C(NN)c2ccc(Cl)c(C)c2)C1. The van der Waals surface area contributed by atoms with Crippen LogP contribution in [0.25, 0.3) is 0 Å². The van der Waals surface area contributed by atoms with Gasteiger partial charge in [0.1, 0.15) is 0 Å². The molecule has 1 aromatic rings. The minimum absolute atomic E-state index is 0.255. The number of aryl methyl sites for hydroxylation is 1. The lowest BCUT2D eigenvalue weighted by atomic mass is 9.75. The molecule has 1 aliphatic rings. The quantitative estimate of drug-likeness (QED) is 0.635.